The SMILES string of the molecule is CC(=O)Nc1ccc(NC(=O)Cc2c(C)nn(C)c2C)cc1Cl. The number of hydrogen-bond acceptors (Lipinski definition) is 3. The maximum absolute atomic E-state index is 12.2. The minimum atomic E-state index is -0.203. The summed E-state index contributed by atoms with van der Waals surface area (Å²) in [5, 5.41) is 10.1. The Morgan fingerprint density at radius 1 is 1.26 bits per heavy atom. The van der Waals surface area contributed by atoms with Crippen molar-refractivity contribution >= 4 is 34.8 Å². The summed E-state index contributed by atoms with van der Waals surface area (Å²) in [6.07, 6.45) is 0.247. The third-order valence-electron chi connectivity index (χ3n) is 3.56. The highest BCUT2D eigenvalue weighted by atomic mass is 35.5. The van der Waals surface area contributed by atoms with Gasteiger partial charge < -0.3 is 10.6 Å². The smallest absolute Gasteiger partial charge is 0.228 e. The number of hydrogen-bond donors (Lipinski definition) is 2. The molecule has 0 bridgehead atoms. The van der Waals surface area contributed by atoms with E-state index in [0.717, 1.165) is 17.0 Å². The number of rotatable bonds is 4. The molecule has 0 aliphatic heterocycles. The molecule has 0 radical (unpaired) electrons. The Morgan fingerprint density at radius 2 is 1.96 bits per heavy atom. The van der Waals surface area contributed by atoms with Crippen LogP contribution in [0, 0.1) is 13.8 Å². The molecule has 2 amide bonds. The van der Waals surface area contributed by atoms with Gasteiger partial charge in [0.1, 0.15) is 0 Å². The van der Waals surface area contributed by atoms with Gasteiger partial charge in [-0.2, -0.15) is 5.10 Å². The van der Waals surface area contributed by atoms with Crippen molar-refractivity contribution in [2.24, 2.45) is 7.05 Å². The Kier molecular flexibility index (Phi) is 5.05. The highest BCUT2D eigenvalue weighted by Crippen LogP contribution is 2.25. The Labute approximate surface area is 139 Å². The zero-order valence-corrected chi connectivity index (χ0v) is 14.3. The number of halogens is 1. The number of nitrogens with zero attached hydrogens (tertiary/aromatic N) is 2. The lowest BCUT2D eigenvalue weighted by atomic mass is 10.1. The van der Waals surface area contributed by atoms with E-state index in [-0.39, 0.29) is 18.2 Å². The molecule has 122 valence electrons. The number of aryl methyl sites for hydroxylation is 2. The molecule has 1 aromatic carbocycles. The predicted octanol–water partition coefficient (Wildman–Crippen LogP) is 2.83. The van der Waals surface area contributed by atoms with Crippen LogP contribution >= 0.6 is 11.6 Å². The average Bonchev–Trinajstić information content (AvgIpc) is 2.68. The van der Waals surface area contributed by atoms with Gasteiger partial charge in [-0.25, -0.2) is 0 Å². The summed E-state index contributed by atoms with van der Waals surface area (Å²) in [4.78, 5) is 23.3. The monoisotopic (exact) mass is 334 g/mol. The standard InChI is InChI=1S/C16H19ClN4O2/c1-9-13(10(2)21(4)20-9)8-16(23)19-12-5-6-15(14(17)7-12)18-11(3)22/h5-7H,8H2,1-4H3,(H,18,22)(H,19,23). The molecule has 0 aliphatic carbocycles. The fourth-order valence-electron chi connectivity index (χ4n) is 2.32. The van der Waals surface area contributed by atoms with E-state index in [1.165, 1.54) is 6.92 Å². The summed E-state index contributed by atoms with van der Waals surface area (Å²) in [5.74, 6) is -0.348. The summed E-state index contributed by atoms with van der Waals surface area (Å²) in [5.41, 5.74) is 3.83. The van der Waals surface area contributed by atoms with E-state index >= 15 is 0 Å². The second-order valence-corrected chi connectivity index (χ2v) is 5.78. The van der Waals surface area contributed by atoms with Crippen LogP contribution in [0.25, 0.3) is 0 Å². The molecular formula is C16H19ClN4O2. The maximum atomic E-state index is 12.2. The molecule has 7 heteroatoms. The topological polar surface area (TPSA) is 76.0 Å². The summed E-state index contributed by atoms with van der Waals surface area (Å²) in [6, 6.07) is 4.95. The minimum absolute atomic E-state index is 0.146. The molecule has 1 aromatic heterocycles. The molecule has 0 spiro atoms. The molecule has 23 heavy (non-hydrogen) atoms. The third-order valence-corrected chi connectivity index (χ3v) is 3.87. The van der Waals surface area contributed by atoms with Gasteiger partial charge in [-0.3, -0.25) is 14.3 Å². The van der Waals surface area contributed by atoms with Crippen LogP contribution in [0.2, 0.25) is 5.02 Å². The van der Waals surface area contributed by atoms with Crippen LogP contribution in [0.5, 0.6) is 0 Å². The summed E-state index contributed by atoms with van der Waals surface area (Å²) in [7, 11) is 1.85. The van der Waals surface area contributed by atoms with E-state index in [0.29, 0.717) is 16.4 Å². The molecule has 0 saturated heterocycles. The van der Waals surface area contributed by atoms with E-state index < -0.39 is 0 Å². The summed E-state index contributed by atoms with van der Waals surface area (Å²) < 4.78 is 1.76. The van der Waals surface area contributed by atoms with Crippen molar-refractivity contribution in [3.8, 4) is 0 Å². The first kappa shape index (κ1) is 17.0. The van der Waals surface area contributed by atoms with Gasteiger partial charge in [-0.05, 0) is 32.0 Å². The number of nitrogens with one attached hydrogen (secondary N) is 2. The van der Waals surface area contributed by atoms with E-state index in [1.807, 2.05) is 20.9 Å². The first-order valence-electron chi connectivity index (χ1n) is 7.14. The van der Waals surface area contributed by atoms with Gasteiger partial charge in [-0.15, -0.1) is 0 Å². The van der Waals surface area contributed by atoms with Crippen LogP contribution in [0.1, 0.15) is 23.9 Å². The largest absolute Gasteiger partial charge is 0.326 e. The highest BCUT2D eigenvalue weighted by molar-refractivity contribution is 6.34. The third kappa shape index (κ3) is 4.10. The van der Waals surface area contributed by atoms with Crippen LogP contribution < -0.4 is 10.6 Å². The number of carbonyl (C=O) groups is 2. The van der Waals surface area contributed by atoms with Crippen LogP contribution in [0.4, 0.5) is 11.4 Å². The average molecular weight is 335 g/mol. The summed E-state index contributed by atoms with van der Waals surface area (Å²) >= 11 is 6.09. The van der Waals surface area contributed by atoms with Crippen LogP contribution in [0.15, 0.2) is 18.2 Å². The molecule has 2 aromatic rings. The van der Waals surface area contributed by atoms with E-state index in [2.05, 4.69) is 15.7 Å². The molecule has 1 heterocycles. The Hall–Kier alpha value is -2.34. The van der Waals surface area contributed by atoms with Crippen molar-refractivity contribution in [2.75, 3.05) is 10.6 Å². The Balaban J connectivity index is 2.08. The fourth-order valence-corrected chi connectivity index (χ4v) is 2.55. The highest BCUT2D eigenvalue weighted by Gasteiger charge is 2.14. The van der Waals surface area contributed by atoms with Crippen molar-refractivity contribution < 1.29 is 9.59 Å². The van der Waals surface area contributed by atoms with Crippen molar-refractivity contribution in [3.05, 3.63) is 40.2 Å². The van der Waals surface area contributed by atoms with E-state index in [1.54, 1.807) is 22.9 Å². The quantitative estimate of drug-likeness (QED) is 0.902. The first-order chi connectivity index (χ1) is 10.8. The molecule has 2 rings (SSSR count). The first-order valence-corrected chi connectivity index (χ1v) is 7.51. The van der Waals surface area contributed by atoms with Gasteiger partial charge in [0.15, 0.2) is 0 Å². The maximum Gasteiger partial charge on any atom is 0.228 e. The van der Waals surface area contributed by atoms with Gasteiger partial charge in [-0.1, -0.05) is 11.6 Å². The predicted molar refractivity (Wildman–Crippen MR) is 90.8 cm³/mol. The van der Waals surface area contributed by atoms with Crippen LogP contribution in [-0.2, 0) is 23.1 Å². The van der Waals surface area contributed by atoms with Crippen molar-refractivity contribution in [1.82, 2.24) is 9.78 Å². The van der Waals surface area contributed by atoms with Crippen LogP contribution in [-0.4, -0.2) is 21.6 Å². The molecule has 0 atom stereocenters. The lowest BCUT2D eigenvalue weighted by molar-refractivity contribution is -0.116. The van der Waals surface area contributed by atoms with Gasteiger partial charge in [0.25, 0.3) is 0 Å². The molecule has 0 aliphatic rings. The fraction of sp³-hybridized carbons (Fsp3) is 0.312. The molecular weight excluding hydrogens is 316 g/mol. The van der Waals surface area contributed by atoms with Gasteiger partial charge in [0.05, 0.1) is 22.8 Å². The molecule has 2 N–H and O–H groups in total. The number of carbonyl (C=O) groups excluding carboxylic acids is 2. The molecule has 0 fully saturated rings. The van der Waals surface area contributed by atoms with Gasteiger partial charge in [0, 0.05) is 30.9 Å². The molecule has 0 unspecified atom stereocenters. The Bertz CT molecular complexity index is 768. The molecule has 0 saturated carbocycles. The molecule has 6 nitrogen and oxygen atoms in total. The lowest BCUT2D eigenvalue weighted by Crippen LogP contribution is -2.15. The normalized spacial score (nSPS) is 10.5. The van der Waals surface area contributed by atoms with E-state index in [9.17, 15) is 9.59 Å². The van der Waals surface area contributed by atoms with Crippen molar-refractivity contribution in [3.63, 3.8) is 0 Å². The number of anilines is 2. The van der Waals surface area contributed by atoms with Gasteiger partial charge >= 0.3 is 0 Å². The number of aromatic nitrogens is 2. The minimum Gasteiger partial charge on any atom is -0.326 e. The number of benzene rings is 1. The van der Waals surface area contributed by atoms with Crippen molar-refractivity contribution in [1.29, 1.82) is 0 Å². The second kappa shape index (κ2) is 6.83. The van der Waals surface area contributed by atoms with Gasteiger partial charge in [0.2, 0.25) is 11.8 Å². The Morgan fingerprint density at radius 3 is 2.48 bits per heavy atom. The van der Waals surface area contributed by atoms with Crippen molar-refractivity contribution in [2.45, 2.75) is 27.2 Å². The second-order valence-electron chi connectivity index (χ2n) is 5.37. The van der Waals surface area contributed by atoms with E-state index in [4.69, 9.17) is 11.6 Å². The lowest BCUT2D eigenvalue weighted by Gasteiger charge is -2.09. The summed E-state index contributed by atoms with van der Waals surface area (Å²) in [6.45, 7) is 5.22. The zero-order valence-electron chi connectivity index (χ0n) is 13.5. The van der Waals surface area contributed by atoms with Crippen LogP contribution in [0.3, 0.4) is 0 Å². The zero-order chi connectivity index (χ0) is 17.1. The number of amides is 2.